The molecule has 5 nitrogen and oxygen atoms in total. The number of nitrogens with one attached hydrogen (secondary N) is 1. The molecule has 0 bridgehead atoms. The minimum Gasteiger partial charge on any atom is -0.437 e. The van der Waals surface area contributed by atoms with Crippen LogP contribution in [0.15, 0.2) is 36.7 Å². The van der Waals surface area contributed by atoms with Crippen LogP contribution < -0.4 is 16.0 Å². The van der Waals surface area contributed by atoms with Crippen LogP contribution in [0.5, 0.6) is 11.6 Å². The van der Waals surface area contributed by atoms with E-state index in [1.54, 1.807) is 6.20 Å². The molecule has 2 rings (SSSR count). The van der Waals surface area contributed by atoms with E-state index >= 15 is 0 Å². The van der Waals surface area contributed by atoms with Crippen LogP contribution in [0, 0.1) is 0 Å². The Morgan fingerprint density at radius 2 is 2.24 bits per heavy atom. The van der Waals surface area contributed by atoms with Crippen LogP contribution in [-0.4, -0.2) is 9.97 Å². The summed E-state index contributed by atoms with van der Waals surface area (Å²) in [6.45, 7) is 2.10. The molecule has 0 radical (unpaired) electrons. The number of hydrogen-bond acceptors (Lipinski definition) is 5. The van der Waals surface area contributed by atoms with Gasteiger partial charge < -0.3 is 10.2 Å². The quantitative estimate of drug-likeness (QED) is 0.621. The number of hydrogen-bond donors (Lipinski definition) is 2. The highest BCUT2D eigenvalue weighted by molar-refractivity contribution is 5.35. The van der Waals surface area contributed by atoms with Gasteiger partial charge in [-0.05, 0) is 24.1 Å². The van der Waals surface area contributed by atoms with Crippen LogP contribution in [0.1, 0.15) is 12.5 Å². The van der Waals surface area contributed by atoms with Crippen molar-refractivity contribution < 1.29 is 4.74 Å². The van der Waals surface area contributed by atoms with Crippen molar-refractivity contribution in [2.24, 2.45) is 5.84 Å². The molecule has 0 saturated carbocycles. The average Bonchev–Trinajstić information content (AvgIpc) is 2.39. The Morgan fingerprint density at radius 1 is 1.35 bits per heavy atom. The van der Waals surface area contributed by atoms with Crippen LogP contribution in [0.25, 0.3) is 0 Å². The minimum atomic E-state index is 0.411. The average molecular weight is 230 g/mol. The lowest BCUT2D eigenvalue weighted by Gasteiger charge is -2.06. The summed E-state index contributed by atoms with van der Waals surface area (Å²) in [6, 6.07) is 7.86. The Bertz CT molecular complexity index is 456. The van der Waals surface area contributed by atoms with E-state index in [1.165, 1.54) is 11.8 Å². The molecule has 0 spiro atoms. The highest BCUT2D eigenvalue weighted by atomic mass is 16.5. The third kappa shape index (κ3) is 2.92. The Balaban J connectivity index is 2.18. The lowest BCUT2D eigenvalue weighted by molar-refractivity contribution is 0.460. The highest BCUT2D eigenvalue weighted by Crippen LogP contribution is 2.20. The lowest BCUT2D eigenvalue weighted by atomic mass is 10.2. The molecule has 0 fully saturated rings. The van der Waals surface area contributed by atoms with Crippen molar-refractivity contribution in [1.82, 2.24) is 9.97 Å². The number of nitrogens with zero attached hydrogens (tertiary/aromatic N) is 2. The van der Waals surface area contributed by atoms with Gasteiger partial charge in [0.2, 0.25) is 5.88 Å². The number of aromatic nitrogens is 2. The van der Waals surface area contributed by atoms with Gasteiger partial charge in [0.05, 0.1) is 12.4 Å². The summed E-state index contributed by atoms with van der Waals surface area (Å²) in [7, 11) is 0. The summed E-state index contributed by atoms with van der Waals surface area (Å²) in [5, 5.41) is 0. The first kappa shape index (κ1) is 11.3. The summed E-state index contributed by atoms with van der Waals surface area (Å²) in [6.07, 6.45) is 4.03. The second kappa shape index (κ2) is 5.27. The molecule has 0 amide bonds. The molecule has 0 aliphatic heterocycles. The maximum Gasteiger partial charge on any atom is 0.239 e. The van der Waals surface area contributed by atoms with Crippen LogP contribution in [0.4, 0.5) is 5.82 Å². The summed E-state index contributed by atoms with van der Waals surface area (Å²) in [5.74, 6) is 6.87. The molecule has 5 heteroatoms. The van der Waals surface area contributed by atoms with Crippen molar-refractivity contribution in [3.05, 3.63) is 42.2 Å². The molecule has 0 aliphatic rings. The SMILES string of the molecule is CCc1cccc(Oc2cncc(NN)n2)c1. The molecular formula is C12H14N4O. The maximum atomic E-state index is 5.59. The Labute approximate surface area is 99.6 Å². The van der Waals surface area contributed by atoms with Crippen molar-refractivity contribution >= 4 is 5.82 Å². The second-order valence-corrected chi connectivity index (χ2v) is 3.49. The molecule has 3 N–H and O–H groups in total. The fourth-order valence-corrected chi connectivity index (χ4v) is 1.42. The predicted molar refractivity (Wildman–Crippen MR) is 65.7 cm³/mol. The van der Waals surface area contributed by atoms with Gasteiger partial charge in [-0.15, -0.1) is 0 Å². The van der Waals surface area contributed by atoms with E-state index < -0.39 is 0 Å². The normalized spacial score (nSPS) is 10.0. The fourth-order valence-electron chi connectivity index (χ4n) is 1.42. The Kier molecular flexibility index (Phi) is 3.52. The number of ether oxygens (including phenoxy) is 1. The summed E-state index contributed by atoms with van der Waals surface area (Å²) in [4.78, 5) is 8.09. The van der Waals surface area contributed by atoms with Gasteiger partial charge in [-0.1, -0.05) is 19.1 Å². The number of benzene rings is 1. The molecular weight excluding hydrogens is 216 g/mol. The van der Waals surface area contributed by atoms with Crippen LogP contribution >= 0.6 is 0 Å². The second-order valence-electron chi connectivity index (χ2n) is 3.49. The van der Waals surface area contributed by atoms with Gasteiger partial charge in [0.25, 0.3) is 0 Å². The van der Waals surface area contributed by atoms with E-state index in [0.29, 0.717) is 11.7 Å². The van der Waals surface area contributed by atoms with Gasteiger partial charge in [-0.2, -0.15) is 4.98 Å². The Hall–Kier alpha value is -2.14. The van der Waals surface area contributed by atoms with Crippen molar-refractivity contribution in [1.29, 1.82) is 0 Å². The number of rotatable bonds is 4. The van der Waals surface area contributed by atoms with Crippen LogP contribution in [-0.2, 0) is 6.42 Å². The van der Waals surface area contributed by atoms with Crippen molar-refractivity contribution in [2.45, 2.75) is 13.3 Å². The number of aryl methyl sites for hydroxylation is 1. The summed E-state index contributed by atoms with van der Waals surface area (Å²) in [5.41, 5.74) is 3.63. The summed E-state index contributed by atoms with van der Waals surface area (Å²) < 4.78 is 5.59. The molecule has 0 saturated heterocycles. The van der Waals surface area contributed by atoms with Gasteiger partial charge in [-0.3, -0.25) is 4.98 Å². The fraction of sp³-hybridized carbons (Fsp3) is 0.167. The van der Waals surface area contributed by atoms with Crippen LogP contribution in [0.3, 0.4) is 0 Å². The molecule has 1 heterocycles. The first-order valence-electron chi connectivity index (χ1n) is 5.37. The van der Waals surface area contributed by atoms with Crippen LogP contribution in [0.2, 0.25) is 0 Å². The molecule has 88 valence electrons. The maximum absolute atomic E-state index is 5.59. The van der Waals surface area contributed by atoms with E-state index in [9.17, 15) is 0 Å². The molecule has 0 unspecified atom stereocenters. The smallest absolute Gasteiger partial charge is 0.239 e. The van der Waals surface area contributed by atoms with Gasteiger partial charge >= 0.3 is 0 Å². The largest absolute Gasteiger partial charge is 0.437 e. The molecule has 1 aromatic carbocycles. The Morgan fingerprint density at radius 3 is 3.00 bits per heavy atom. The molecule has 0 atom stereocenters. The van der Waals surface area contributed by atoms with E-state index in [4.69, 9.17) is 10.6 Å². The van der Waals surface area contributed by atoms with Gasteiger partial charge in [0.15, 0.2) is 5.82 Å². The number of hydrazine groups is 1. The first-order valence-corrected chi connectivity index (χ1v) is 5.37. The third-order valence-electron chi connectivity index (χ3n) is 2.29. The van der Waals surface area contributed by atoms with Gasteiger partial charge in [0.1, 0.15) is 5.75 Å². The minimum absolute atomic E-state index is 0.411. The summed E-state index contributed by atoms with van der Waals surface area (Å²) >= 11 is 0. The predicted octanol–water partition coefficient (Wildman–Crippen LogP) is 2.12. The van der Waals surface area contributed by atoms with E-state index in [1.807, 2.05) is 18.2 Å². The zero-order valence-electron chi connectivity index (χ0n) is 9.55. The monoisotopic (exact) mass is 230 g/mol. The molecule has 1 aromatic heterocycles. The van der Waals surface area contributed by atoms with Crippen molar-refractivity contribution in [3.63, 3.8) is 0 Å². The van der Waals surface area contributed by atoms with E-state index in [2.05, 4.69) is 28.4 Å². The molecule has 17 heavy (non-hydrogen) atoms. The van der Waals surface area contributed by atoms with Gasteiger partial charge in [-0.25, -0.2) is 5.84 Å². The molecule has 2 aromatic rings. The van der Waals surface area contributed by atoms with E-state index in [0.717, 1.165) is 12.2 Å². The van der Waals surface area contributed by atoms with Crippen molar-refractivity contribution in [3.8, 4) is 11.6 Å². The highest BCUT2D eigenvalue weighted by Gasteiger charge is 2.01. The van der Waals surface area contributed by atoms with Crippen molar-refractivity contribution in [2.75, 3.05) is 5.43 Å². The number of nitrogens with two attached hydrogens (primary N) is 1. The lowest BCUT2D eigenvalue weighted by Crippen LogP contribution is -2.09. The topological polar surface area (TPSA) is 73.1 Å². The third-order valence-corrected chi connectivity index (χ3v) is 2.29. The standard InChI is InChI=1S/C12H14N4O/c1-2-9-4-3-5-10(6-9)17-12-8-14-7-11(15-12)16-13/h3-8H,2,13H2,1H3,(H,15,16). The van der Waals surface area contributed by atoms with E-state index in [-0.39, 0.29) is 0 Å². The number of nitrogen functional groups attached to an aromatic ring is 1. The zero-order valence-corrected chi connectivity index (χ0v) is 9.55. The first-order chi connectivity index (χ1) is 8.31. The zero-order chi connectivity index (χ0) is 12.1. The number of anilines is 1. The molecule has 0 aliphatic carbocycles. The van der Waals surface area contributed by atoms with Gasteiger partial charge in [0, 0.05) is 0 Å².